The number of nitrogens with one attached hydrogen (secondary N) is 1. The van der Waals surface area contributed by atoms with E-state index in [1.807, 2.05) is 48.5 Å². The first-order valence-corrected chi connectivity index (χ1v) is 10.7. The van der Waals surface area contributed by atoms with Crippen molar-refractivity contribution in [3.8, 4) is 0 Å². The Morgan fingerprint density at radius 3 is 2.16 bits per heavy atom. The Morgan fingerprint density at radius 1 is 0.969 bits per heavy atom. The smallest absolute Gasteiger partial charge is 0.325 e. The summed E-state index contributed by atoms with van der Waals surface area (Å²) >= 11 is 0. The van der Waals surface area contributed by atoms with Crippen molar-refractivity contribution < 1.29 is 19.2 Å². The minimum atomic E-state index is -1.28. The number of nitrogens with two attached hydrogens (primary N) is 1. The van der Waals surface area contributed by atoms with Crippen LogP contribution in [0.2, 0.25) is 0 Å². The van der Waals surface area contributed by atoms with Crippen LogP contribution in [0, 0.1) is 5.92 Å². The molecule has 2 saturated heterocycles. The first kappa shape index (κ1) is 21.5. The monoisotopic (exact) mass is 434 g/mol. The number of primary amides is 1. The average Bonchev–Trinajstić information content (AvgIpc) is 3.05. The highest BCUT2D eigenvalue weighted by Crippen LogP contribution is 2.33. The highest BCUT2D eigenvalue weighted by molar-refractivity contribution is 6.09. The van der Waals surface area contributed by atoms with Crippen molar-refractivity contribution in [2.75, 3.05) is 19.6 Å². The van der Waals surface area contributed by atoms with Crippen LogP contribution in [0.4, 0.5) is 4.79 Å². The molecule has 0 bridgehead atoms. The van der Waals surface area contributed by atoms with Gasteiger partial charge in [-0.05, 0) is 24.0 Å². The van der Waals surface area contributed by atoms with E-state index in [0.717, 1.165) is 10.5 Å². The van der Waals surface area contributed by atoms with Gasteiger partial charge in [0.2, 0.25) is 11.8 Å². The van der Waals surface area contributed by atoms with Crippen molar-refractivity contribution in [2.24, 2.45) is 11.7 Å². The lowest BCUT2D eigenvalue weighted by atomic mass is 9.83. The minimum absolute atomic E-state index is 0.243. The fourth-order valence-corrected chi connectivity index (χ4v) is 4.46. The molecule has 2 aliphatic heterocycles. The zero-order valence-corrected chi connectivity index (χ0v) is 17.7. The van der Waals surface area contributed by atoms with Crippen molar-refractivity contribution in [1.82, 2.24) is 15.1 Å². The molecule has 3 N–H and O–H groups in total. The van der Waals surface area contributed by atoms with E-state index in [1.54, 1.807) is 17.0 Å². The lowest BCUT2D eigenvalue weighted by Gasteiger charge is -2.31. The normalized spacial score (nSPS) is 21.5. The molecule has 0 aromatic heterocycles. The van der Waals surface area contributed by atoms with Gasteiger partial charge in [0, 0.05) is 25.4 Å². The summed E-state index contributed by atoms with van der Waals surface area (Å²) in [7, 11) is 0. The van der Waals surface area contributed by atoms with Gasteiger partial charge in [0.15, 0.2) is 5.54 Å². The van der Waals surface area contributed by atoms with E-state index in [0.29, 0.717) is 31.5 Å². The quantitative estimate of drug-likeness (QED) is 0.669. The van der Waals surface area contributed by atoms with E-state index >= 15 is 0 Å². The molecule has 32 heavy (non-hydrogen) atoms. The van der Waals surface area contributed by atoms with Gasteiger partial charge in [-0.3, -0.25) is 19.3 Å². The fraction of sp³-hybridized carbons (Fsp3) is 0.333. The molecule has 5 amide bonds. The summed E-state index contributed by atoms with van der Waals surface area (Å²) in [6.45, 7) is 0.420. The van der Waals surface area contributed by atoms with Crippen LogP contribution in [0.1, 0.15) is 24.0 Å². The van der Waals surface area contributed by atoms with Gasteiger partial charge < -0.3 is 16.0 Å². The number of imide groups is 1. The van der Waals surface area contributed by atoms with Gasteiger partial charge in [-0.15, -0.1) is 0 Å². The molecule has 2 aromatic carbocycles. The Morgan fingerprint density at radius 2 is 1.56 bits per heavy atom. The Balaban J connectivity index is 1.55. The zero-order valence-electron chi connectivity index (χ0n) is 17.7. The second kappa shape index (κ2) is 8.82. The Kier molecular flexibility index (Phi) is 5.94. The number of amides is 5. The van der Waals surface area contributed by atoms with E-state index in [-0.39, 0.29) is 30.7 Å². The third-order valence-electron chi connectivity index (χ3n) is 6.30. The van der Waals surface area contributed by atoms with E-state index in [2.05, 4.69) is 5.32 Å². The first-order valence-electron chi connectivity index (χ1n) is 10.7. The van der Waals surface area contributed by atoms with Crippen LogP contribution in [-0.2, 0) is 26.3 Å². The van der Waals surface area contributed by atoms with Gasteiger partial charge in [-0.2, -0.15) is 0 Å². The molecule has 8 heteroatoms. The summed E-state index contributed by atoms with van der Waals surface area (Å²) in [5.74, 6) is -1.37. The molecule has 0 unspecified atom stereocenters. The molecule has 0 spiro atoms. The fourth-order valence-electron chi connectivity index (χ4n) is 4.46. The predicted octanol–water partition coefficient (Wildman–Crippen LogP) is 1.40. The lowest BCUT2D eigenvalue weighted by molar-refractivity contribution is -0.140. The van der Waals surface area contributed by atoms with Gasteiger partial charge >= 0.3 is 6.03 Å². The Hall–Kier alpha value is -3.68. The van der Waals surface area contributed by atoms with E-state index in [1.165, 1.54) is 0 Å². The van der Waals surface area contributed by atoms with Crippen LogP contribution in [0.15, 0.2) is 60.7 Å². The number of urea groups is 1. The van der Waals surface area contributed by atoms with Crippen molar-refractivity contribution in [2.45, 2.75) is 24.8 Å². The maximum atomic E-state index is 13.6. The van der Waals surface area contributed by atoms with Crippen LogP contribution in [0.5, 0.6) is 0 Å². The molecule has 8 nitrogen and oxygen atoms in total. The van der Waals surface area contributed by atoms with Gasteiger partial charge in [0.05, 0.1) is 0 Å². The van der Waals surface area contributed by atoms with E-state index < -0.39 is 17.5 Å². The van der Waals surface area contributed by atoms with Gasteiger partial charge in [-0.1, -0.05) is 60.7 Å². The number of hydrogen-bond acceptors (Lipinski definition) is 4. The molecule has 2 heterocycles. The summed E-state index contributed by atoms with van der Waals surface area (Å²) in [5.41, 5.74) is 5.64. The summed E-state index contributed by atoms with van der Waals surface area (Å²) in [4.78, 5) is 53.3. The highest BCUT2D eigenvalue weighted by atomic mass is 16.2. The summed E-state index contributed by atoms with van der Waals surface area (Å²) < 4.78 is 0. The summed E-state index contributed by atoms with van der Waals surface area (Å²) in [6, 6.07) is 18.0. The van der Waals surface area contributed by atoms with Crippen LogP contribution >= 0.6 is 0 Å². The zero-order chi connectivity index (χ0) is 22.7. The Labute approximate surface area is 186 Å². The van der Waals surface area contributed by atoms with Crippen LogP contribution in [-0.4, -0.2) is 53.2 Å². The molecule has 0 aliphatic carbocycles. The predicted molar refractivity (Wildman–Crippen MR) is 117 cm³/mol. The van der Waals surface area contributed by atoms with Crippen molar-refractivity contribution in [1.29, 1.82) is 0 Å². The average molecular weight is 434 g/mol. The van der Waals surface area contributed by atoms with Gasteiger partial charge in [0.1, 0.15) is 6.54 Å². The molecule has 4 rings (SSSR count). The second-order valence-corrected chi connectivity index (χ2v) is 8.31. The molecular formula is C24H26N4O4. The van der Waals surface area contributed by atoms with Gasteiger partial charge in [-0.25, -0.2) is 4.79 Å². The molecule has 166 valence electrons. The van der Waals surface area contributed by atoms with Crippen molar-refractivity contribution in [3.63, 3.8) is 0 Å². The number of rotatable bonds is 6. The van der Waals surface area contributed by atoms with Crippen LogP contribution in [0.3, 0.4) is 0 Å². The molecule has 1 atom stereocenters. The third kappa shape index (κ3) is 4.08. The molecule has 2 aromatic rings. The topological polar surface area (TPSA) is 113 Å². The molecule has 2 fully saturated rings. The van der Waals surface area contributed by atoms with Gasteiger partial charge in [0.25, 0.3) is 5.91 Å². The number of piperidine rings is 1. The maximum absolute atomic E-state index is 13.6. The van der Waals surface area contributed by atoms with Crippen LogP contribution < -0.4 is 11.1 Å². The summed E-state index contributed by atoms with van der Waals surface area (Å²) in [5, 5.41) is 2.87. The molecule has 0 saturated carbocycles. The first-order chi connectivity index (χ1) is 15.4. The Bertz CT molecular complexity index is 1020. The molecular weight excluding hydrogens is 408 g/mol. The third-order valence-corrected chi connectivity index (χ3v) is 6.30. The molecule has 0 radical (unpaired) electrons. The number of likely N-dealkylation sites (tertiary alicyclic amines) is 1. The maximum Gasteiger partial charge on any atom is 0.325 e. The van der Waals surface area contributed by atoms with Crippen molar-refractivity contribution in [3.05, 3.63) is 71.8 Å². The molecule has 2 aliphatic rings. The number of benzene rings is 2. The van der Waals surface area contributed by atoms with E-state index in [9.17, 15) is 19.2 Å². The van der Waals surface area contributed by atoms with Crippen molar-refractivity contribution >= 4 is 23.8 Å². The largest absolute Gasteiger partial charge is 0.369 e. The number of nitrogens with zero attached hydrogens (tertiary/aromatic N) is 2. The summed E-state index contributed by atoms with van der Waals surface area (Å²) in [6.07, 6.45) is 1.25. The standard InChI is InChI=1S/C24H26N4O4/c25-21(30)18-11-13-27(14-12-18)20(29)16-28-22(31)24(26-23(28)32,19-9-5-2-6-10-19)15-17-7-3-1-4-8-17/h1-10,18H,11-16H2,(H2,25,30)(H,26,32)/t24-/m0/s1. The van der Waals surface area contributed by atoms with E-state index in [4.69, 9.17) is 5.73 Å². The van der Waals surface area contributed by atoms with Crippen LogP contribution in [0.25, 0.3) is 0 Å². The SMILES string of the molecule is NC(=O)C1CCN(C(=O)CN2C(=O)N[C@@](Cc3ccccc3)(c3ccccc3)C2=O)CC1. The number of carbonyl (C=O) groups is 4. The second-order valence-electron chi connectivity index (χ2n) is 8.31. The number of carbonyl (C=O) groups excluding carboxylic acids is 4. The number of hydrogen-bond donors (Lipinski definition) is 2. The lowest BCUT2D eigenvalue weighted by Crippen LogP contribution is -2.48. The highest BCUT2D eigenvalue weighted by Gasteiger charge is 2.53. The minimum Gasteiger partial charge on any atom is -0.369 e.